The van der Waals surface area contributed by atoms with E-state index in [-0.39, 0.29) is 12.1 Å². The number of benzene rings is 1. The SMILES string of the molecule is COc1cccc(CCNC(=O)N2CCC[C@H](OCc3ccccn3)C2)c1. The van der Waals surface area contributed by atoms with Crippen molar-refractivity contribution in [3.8, 4) is 5.75 Å². The van der Waals surface area contributed by atoms with Gasteiger partial charge in [0.1, 0.15) is 5.75 Å². The standard InChI is InChI=1S/C21H27N3O3/c1-26-19-8-4-6-17(14-19)10-12-23-21(25)24-13-5-9-20(15-24)27-16-18-7-2-3-11-22-18/h2-4,6-8,11,14,20H,5,9-10,12-13,15-16H2,1H3,(H,23,25)/t20-/m0/s1. The third-order valence-corrected chi connectivity index (χ3v) is 4.68. The van der Waals surface area contributed by atoms with Gasteiger partial charge in [-0.25, -0.2) is 4.79 Å². The molecule has 2 amide bonds. The fourth-order valence-corrected chi connectivity index (χ4v) is 3.20. The fraction of sp³-hybridized carbons (Fsp3) is 0.429. The summed E-state index contributed by atoms with van der Waals surface area (Å²) in [5.41, 5.74) is 2.06. The summed E-state index contributed by atoms with van der Waals surface area (Å²) in [5.74, 6) is 0.836. The molecule has 1 aromatic carbocycles. The van der Waals surface area contributed by atoms with Crippen LogP contribution in [-0.2, 0) is 17.8 Å². The molecule has 27 heavy (non-hydrogen) atoms. The fourth-order valence-electron chi connectivity index (χ4n) is 3.20. The molecule has 2 aromatic rings. The average Bonchev–Trinajstić information content (AvgIpc) is 2.73. The van der Waals surface area contributed by atoms with E-state index >= 15 is 0 Å². The molecule has 0 aliphatic carbocycles. The van der Waals surface area contributed by atoms with E-state index in [1.807, 2.05) is 47.4 Å². The normalized spacial score (nSPS) is 16.8. The highest BCUT2D eigenvalue weighted by atomic mass is 16.5. The molecule has 1 fully saturated rings. The van der Waals surface area contributed by atoms with Crippen molar-refractivity contribution >= 4 is 6.03 Å². The van der Waals surface area contributed by atoms with Crippen molar-refractivity contribution in [1.29, 1.82) is 0 Å². The number of methoxy groups -OCH3 is 1. The van der Waals surface area contributed by atoms with Crippen LogP contribution in [0.25, 0.3) is 0 Å². The van der Waals surface area contributed by atoms with Gasteiger partial charge in [0.2, 0.25) is 0 Å². The van der Waals surface area contributed by atoms with E-state index in [1.165, 1.54) is 0 Å². The topological polar surface area (TPSA) is 63.7 Å². The number of amides is 2. The number of likely N-dealkylation sites (tertiary alicyclic amines) is 1. The Labute approximate surface area is 160 Å². The molecule has 1 aliphatic heterocycles. The molecule has 1 saturated heterocycles. The Morgan fingerprint density at radius 3 is 3.04 bits per heavy atom. The Balaban J connectivity index is 1.41. The molecular weight excluding hydrogens is 342 g/mol. The number of pyridine rings is 1. The van der Waals surface area contributed by atoms with E-state index < -0.39 is 0 Å². The van der Waals surface area contributed by atoms with Crippen LogP contribution in [0.5, 0.6) is 5.75 Å². The van der Waals surface area contributed by atoms with Gasteiger partial charge in [0.25, 0.3) is 0 Å². The van der Waals surface area contributed by atoms with Crippen molar-refractivity contribution in [3.63, 3.8) is 0 Å². The van der Waals surface area contributed by atoms with Crippen LogP contribution >= 0.6 is 0 Å². The maximum Gasteiger partial charge on any atom is 0.317 e. The predicted octanol–water partition coefficient (Wildman–Crippen LogP) is 3.02. The van der Waals surface area contributed by atoms with E-state index in [1.54, 1.807) is 13.3 Å². The van der Waals surface area contributed by atoms with Crippen molar-refractivity contribution in [2.75, 3.05) is 26.7 Å². The molecule has 3 rings (SSSR count). The smallest absolute Gasteiger partial charge is 0.317 e. The van der Waals surface area contributed by atoms with Gasteiger partial charge in [0, 0.05) is 25.8 Å². The van der Waals surface area contributed by atoms with Crippen LogP contribution < -0.4 is 10.1 Å². The predicted molar refractivity (Wildman–Crippen MR) is 104 cm³/mol. The number of nitrogens with zero attached hydrogens (tertiary/aromatic N) is 2. The van der Waals surface area contributed by atoms with Crippen LogP contribution in [-0.4, -0.2) is 48.8 Å². The van der Waals surface area contributed by atoms with E-state index in [2.05, 4.69) is 10.3 Å². The van der Waals surface area contributed by atoms with E-state index in [0.717, 1.165) is 42.8 Å². The summed E-state index contributed by atoms with van der Waals surface area (Å²) in [7, 11) is 1.66. The molecule has 144 valence electrons. The van der Waals surface area contributed by atoms with Gasteiger partial charge in [-0.2, -0.15) is 0 Å². The van der Waals surface area contributed by atoms with Crippen LogP contribution in [0, 0.1) is 0 Å². The van der Waals surface area contributed by atoms with Crippen molar-refractivity contribution in [1.82, 2.24) is 15.2 Å². The molecule has 2 heterocycles. The van der Waals surface area contributed by atoms with Crippen LogP contribution in [0.4, 0.5) is 4.79 Å². The second-order valence-electron chi connectivity index (χ2n) is 6.68. The molecule has 0 unspecified atom stereocenters. The highest BCUT2D eigenvalue weighted by Gasteiger charge is 2.24. The number of ether oxygens (including phenoxy) is 2. The largest absolute Gasteiger partial charge is 0.497 e. The molecular formula is C21H27N3O3. The molecule has 0 bridgehead atoms. The molecule has 0 spiro atoms. The first-order valence-electron chi connectivity index (χ1n) is 9.42. The lowest BCUT2D eigenvalue weighted by molar-refractivity contribution is -0.00162. The van der Waals surface area contributed by atoms with Crippen LogP contribution in [0.1, 0.15) is 24.1 Å². The van der Waals surface area contributed by atoms with Crippen LogP contribution in [0.2, 0.25) is 0 Å². The summed E-state index contributed by atoms with van der Waals surface area (Å²) in [6, 6.07) is 13.7. The molecule has 0 saturated carbocycles. The maximum absolute atomic E-state index is 12.5. The maximum atomic E-state index is 12.5. The van der Waals surface area contributed by atoms with Gasteiger partial charge in [-0.15, -0.1) is 0 Å². The van der Waals surface area contributed by atoms with Crippen LogP contribution in [0.3, 0.4) is 0 Å². The Hall–Kier alpha value is -2.60. The highest BCUT2D eigenvalue weighted by molar-refractivity contribution is 5.74. The minimum atomic E-state index is -0.0240. The molecule has 1 N–H and O–H groups in total. The number of carbonyl (C=O) groups is 1. The number of nitrogens with one attached hydrogen (secondary N) is 1. The zero-order chi connectivity index (χ0) is 18.9. The summed E-state index contributed by atoms with van der Waals surface area (Å²) in [4.78, 5) is 18.6. The highest BCUT2D eigenvalue weighted by Crippen LogP contribution is 2.15. The lowest BCUT2D eigenvalue weighted by Crippen LogP contribution is -2.48. The summed E-state index contributed by atoms with van der Waals surface area (Å²) >= 11 is 0. The first-order valence-corrected chi connectivity index (χ1v) is 9.42. The van der Waals surface area contributed by atoms with Crippen molar-refractivity contribution in [2.45, 2.75) is 32.0 Å². The number of hydrogen-bond acceptors (Lipinski definition) is 4. The lowest BCUT2D eigenvalue weighted by Gasteiger charge is -2.32. The third kappa shape index (κ3) is 5.96. The monoisotopic (exact) mass is 369 g/mol. The quantitative estimate of drug-likeness (QED) is 0.815. The van der Waals surface area contributed by atoms with Crippen molar-refractivity contribution in [2.24, 2.45) is 0 Å². The third-order valence-electron chi connectivity index (χ3n) is 4.68. The first-order chi connectivity index (χ1) is 13.2. The van der Waals surface area contributed by atoms with Crippen LogP contribution in [0.15, 0.2) is 48.7 Å². The number of aromatic nitrogens is 1. The average molecular weight is 369 g/mol. The number of rotatable bonds is 7. The van der Waals surface area contributed by atoms with Gasteiger partial charge < -0.3 is 19.7 Å². The summed E-state index contributed by atoms with van der Waals surface area (Å²) in [5, 5.41) is 3.01. The number of hydrogen-bond donors (Lipinski definition) is 1. The van der Waals surface area contributed by atoms with E-state index in [0.29, 0.717) is 19.7 Å². The summed E-state index contributed by atoms with van der Waals surface area (Å²) in [6.07, 6.45) is 4.53. The second kappa shape index (κ2) is 9.92. The number of urea groups is 1. The Kier molecular flexibility index (Phi) is 7.04. The Bertz CT molecular complexity index is 724. The van der Waals surface area contributed by atoms with Gasteiger partial charge >= 0.3 is 6.03 Å². The zero-order valence-electron chi connectivity index (χ0n) is 15.8. The minimum absolute atomic E-state index is 0.0240. The minimum Gasteiger partial charge on any atom is -0.497 e. The second-order valence-corrected chi connectivity index (χ2v) is 6.68. The lowest BCUT2D eigenvalue weighted by atomic mass is 10.1. The van der Waals surface area contributed by atoms with Gasteiger partial charge in [-0.3, -0.25) is 4.98 Å². The molecule has 1 aromatic heterocycles. The van der Waals surface area contributed by atoms with Gasteiger partial charge in [0.15, 0.2) is 0 Å². The molecule has 0 radical (unpaired) electrons. The summed E-state index contributed by atoms with van der Waals surface area (Å²) in [6.45, 7) is 2.48. The van der Waals surface area contributed by atoms with Crippen molar-refractivity contribution < 1.29 is 14.3 Å². The van der Waals surface area contributed by atoms with Gasteiger partial charge in [-0.05, 0) is 49.1 Å². The Morgan fingerprint density at radius 2 is 2.22 bits per heavy atom. The number of piperidine rings is 1. The summed E-state index contributed by atoms with van der Waals surface area (Å²) < 4.78 is 11.2. The molecule has 6 nitrogen and oxygen atoms in total. The van der Waals surface area contributed by atoms with Gasteiger partial charge in [-0.1, -0.05) is 18.2 Å². The number of carbonyl (C=O) groups excluding carboxylic acids is 1. The van der Waals surface area contributed by atoms with E-state index in [9.17, 15) is 4.79 Å². The molecule has 6 heteroatoms. The molecule has 1 atom stereocenters. The first kappa shape index (κ1) is 19.2. The Morgan fingerprint density at radius 1 is 1.30 bits per heavy atom. The molecule has 1 aliphatic rings. The zero-order valence-corrected chi connectivity index (χ0v) is 15.8. The van der Waals surface area contributed by atoms with Crippen molar-refractivity contribution in [3.05, 3.63) is 59.9 Å². The van der Waals surface area contributed by atoms with E-state index in [4.69, 9.17) is 9.47 Å². The van der Waals surface area contributed by atoms with Gasteiger partial charge in [0.05, 0.1) is 25.5 Å².